The van der Waals surface area contributed by atoms with E-state index in [9.17, 15) is 9.59 Å². The van der Waals surface area contributed by atoms with Gasteiger partial charge in [-0.15, -0.1) is 0 Å². The van der Waals surface area contributed by atoms with E-state index < -0.39 is 0 Å². The normalized spacial score (nSPS) is 14.7. The summed E-state index contributed by atoms with van der Waals surface area (Å²) >= 11 is 0. The lowest BCUT2D eigenvalue weighted by Crippen LogP contribution is -2.21. The standard InChI is InChI=1S/C13H11NO2/c1-8(2)9-3-5-10(6-4-9)11-7-12(15)14-13(11)16/h3-7H,1H2,2H3,(H,14,15,16). The number of imide groups is 1. The lowest BCUT2D eigenvalue weighted by Gasteiger charge is -2.03. The van der Waals surface area contributed by atoms with E-state index >= 15 is 0 Å². The molecule has 0 fully saturated rings. The van der Waals surface area contributed by atoms with Crippen molar-refractivity contribution in [2.24, 2.45) is 0 Å². The van der Waals surface area contributed by atoms with Crippen molar-refractivity contribution in [3.05, 3.63) is 48.0 Å². The van der Waals surface area contributed by atoms with Crippen LogP contribution in [0.1, 0.15) is 18.1 Å². The Morgan fingerprint density at radius 2 is 1.81 bits per heavy atom. The van der Waals surface area contributed by atoms with E-state index in [1.54, 1.807) is 0 Å². The lowest BCUT2D eigenvalue weighted by atomic mass is 10.0. The van der Waals surface area contributed by atoms with Crippen molar-refractivity contribution in [2.75, 3.05) is 0 Å². The summed E-state index contributed by atoms with van der Waals surface area (Å²) in [5, 5.41) is 2.21. The van der Waals surface area contributed by atoms with Crippen LogP contribution in [0.5, 0.6) is 0 Å². The molecule has 2 rings (SSSR count). The fourth-order valence-electron chi connectivity index (χ4n) is 1.56. The molecule has 0 radical (unpaired) electrons. The SMILES string of the molecule is C=C(C)c1ccc(C2=CC(=O)NC2=O)cc1. The number of hydrogen-bond donors (Lipinski definition) is 1. The summed E-state index contributed by atoms with van der Waals surface area (Å²) in [7, 11) is 0. The summed E-state index contributed by atoms with van der Waals surface area (Å²) in [6.45, 7) is 5.75. The summed E-state index contributed by atoms with van der Waals surface area (Å²) in [4.78, 5) is 22.4. The number of nitrogens with one attached hydrogen (secondary N) is 1. The van der Waals surface area contributed by atoms with Crippen LogP contribution in [0.15, 0.2) is 36.9 Å². The second-order valence-corrected chi connectivity index (χ2v) is 3.73. The summed E-state index contributed by atoms with van der Waals surface area (Å²) < 4.78 is 0. The van der Waals surface area contributed by atoms with Crippen molar-refractivity contribution >= 4 is 23.0 Å². The van der Waals surface area contributed by atoms with E-state index in [4.69, 9.17) is 0 Å². The Bertz CT molecular complexity index is 509. The zero-order valence-electron chi connectivity index (χ0n) is 8.91. The molecule has 0 aliphatic carbocycles. The first-order valence-corrected chi connectivity index (χ1v) is 4.91. The molecule has 1 heterocycles. The van der Waals surface area contributed by atoms with Gasteiger partial charge in [0.25, 0.3) is 11.8 Å². The van der Waals surface area contributed by atoms with Crippen LogP contribution in [0.2, 0.25) is 0 Å². The zero-order valence-corrected chi connectivity index (χ0v) is 8.91. The Morgan fingerprint density at radius 3 is 2.25 bits per heavy atom. The molecule has 0 saturated heterocycles. The molecular weight excluding hydrogens is 202 g/mol. The highest BCUT2D eigenvalue weighted by Crippen LogP contribution is 2.20. The Hall–Kier alpha value is -2.16. The van der Waals surface area contributed by atoms with Crippen LogP contribution in [-0.2, 0) is 9.59 Å². The second kappa shape index (κ2) is 3.77. The number of carbonyl (C=O) groups is 2. The average molecular weight is 213 g/mol. The maximum atomic E-state index is 11.4. The van der Waals surface area contributed by atoms with E-state index in [2.05, 4.69) is 11.9 Å². The minimum Gasteiger partial charge on any atom is -0.289 e. The molecule has 0 unspecified atom stereocenters. The summed E-state index contributed by atoms with van der Waals surface area (Å²) in [5.74, 6) is -0.697. The maximum Gasteiger partial charge on any atom is 0.258 e. The van der Waals surface area contributed by atoms with Gasteiger partial charge in [-0.2, -0.15) is 0 Å². The molecule has 1 aromatic carbocycles. The number of rotatable bonds is 2. The fraction of sp³-hybridized carbons (Fsp3) is 0.0769. The Morgan fingerprint density at radius 1 is 1.19 bits per heavy atom. The van der Waals surface area contributed by atoms with Gasteiger partial charge in [0, 0.05) is 6.08 Å². The molecule has 16 heavy (non-hydrogen) atoms. The van der Waals surface area contributed by atoms with Crippen molar-refractivity contribution < 1.29 is 9.59 Å². The van der Waals surface area contributed by atoms with Crippen LogP contribution in [0.4, 0.5) is 0 Å². The first-order valence-electron chi connectivity index (χ1n) is 4.91. The van der Waals surface area contributed by atoms with Gasteiger partial charge >= 0.3 is 0 Å². The molecule has 80 valence electrons. The molecule has 1 aliphatic rings. The van der Waals surface area contributed by atoms with Gasteiger partial charge in [-0.05, 0) is 18.1 Å². The molecule has 3 heteroatoms. The monoisotopic (exact) mass is 213 g/mol. The number of benzene rings is 1. The van der Waals surface area contributed by atoms with Gasteiger partial charge in [-0.1, -0.05) is 36.4 Å². The minimum absolute atomic E-state index is 0.340. The van der Waals surface area contributed by atoms with E-state index in [0.29, 0.717) is 5.57 Å². The minimum atomic E-state index is -0.357. The predicted molar refractivity (Wildman–Crippen MR) is 62.3 cm³/mol. The molecule has 1 aliphatic heterocycles. The quantitative estimate of drug-likeness (QED) is 0.761. The molecule has 2 amide bonds. The Labute approximate surface area is 93.5 Å². The molecule has 3 nitrogen and oxygen atoms in total. The summed E-state index contributed by atoms with van der Waals surface area (Å²) in [6.07, 6.45) is 1.32. The van der Waals surface area contributed by atoms with Gasteiger partial charge < -0.3 is 0 Å². The summed E-state index contributed by atoms with van der Waals surface area (Å²) in [5.41, 5.74) is 3.15. The van der Waals surface area contributed by atoms with Crippen molar-refractivity contribution in [2.45, 2.75) is 6.92 Å². The number of hydrogen-bond acceptors (Lipinski definition) is 2. The molecular formula is C13H11NO2. The predicted octanol–water partition coefficient (Wildman–Crippen LogP) is 1.76. The van der Waals surface area contributed by atoms with Gasteiger partial charge in [0.2, 0.25) is 0 Å². The fourth-order valence-corrected chi connectivity index (χ4v) is 1.56. The first-order chi connectivity index (χ1) is 7.58. The first kappa shape index (κ1) is 10.4. The van der Waals surface area contributed by atoms with Crippen LogP contribution in [0.25, 0.3) is 11.1 Å². The van der Waals surface area contributed by atoms with E-state index in [1.165, 1.54) is 6.08 Å². The Kier molecular flexibility index (Phi) is 2.44. The van der Waals surface area contributed by atoms with Crippen molar-refractivity contribution in [1.82, 2.24) is 5.32 Å². The Balaban J connectivity index is 2.36. The van der Waals surface area contributed by atoms with Crippen molar-refractivity contribution in [1.29, 1.82) is 0 Å². The highest BCUT2D eigenvalue weighted by atomic mass is 16.2. The third-order valence-corrected chi connectivity index (χ3v) is 2.45. The zero-order chi connectivity index (χ0) is 11.7. The molecule has 0 saturated carbocycles. The molecule has 0 spiro atoms. The van der Waals surface area contributed by atoms with Crippen LogP contribution < -0.4 is 5.32 Å². The van der Waals surface area contributed by atoms with Crippen LogP contribution in [0, 0.1) is 0 Å². The highest BCUT2D eigenvalue weighted by molar-refractivity contribution is 6.33. The molecule has 0 aromatic heterocycles. The molecule has 0 bridgehead atoms. The number of carbonyl (C=O) groups excluding carboxylic acids is 2. The lowest BCUT2D eigenvalue weighted by molar-refractivity contribution is -0.123. The smallest absolute Gasteiger partial charge is 0.258 e. The number of amides is 2. The third-order valence-electron chi connectivity index (χ3n) is 2.45. The topological polar surface area (TPSA) is 46.2 Å². The molecule has 1 N–H and O–H groups in total. The van der Waals surface area contributed by atoms with E-state index in [0.717, 1.165) is 16.7 Å². The van der Waals surface area contributed by atoms with Crippen molar-refractivity contribution in [3.8, 4) is 0 Å². The third kappa shape index (κ3) is 1.80. The van der Waals surface area contributed by atoms with Gasteiger partial charge in [0.05, 0.1) is 5.57 Å². The largest absolute Gasteiger partial charge is 0.289 e. The van der Waals surface area contributed by atoms with Gasteiger partial charge in [-0.25, -0.2) is 0 Å². The second-order valence-electron chi connectivity index (χ2n) is 3.73. The summed E-state index contributed by atoms with van der Waals surface area (Å²) in [6, 6.07) is 7.39. The van der Waals surface area contributed by atoms with E-state index in [-0.39, 0.29) is 11.8 Å². The molecule has 1 aromatic rings. The van der Waals surface area contributed by atoms with Crippen LogP contribution >= 0.6 is 0 Å². The molecule has 0 atom stereocenters. The van der Waals surface area contributed by atoms with Crippen LogP contribution in [-0.4, -0.2) is 11.8 Å². The highest BCUT2D eigenvalue weighted by Gasteiger charge is 2.21. The van der Waals surface area contributed by atoms with Crippen LogP contribution in [0.3, 0.4) is 0 Å². The van der Waals surface area contributed by atoms with Gasteiger partial charge in [-0.3, -0.25) is 14.9 Å². The average Bonchev–Trinajstić information content (AvgIpc) is 2.58. The maximum absolute atomic E-state index is 11.4. The van der Waals surface area contributed by atoms with Gasteiger partial charge in [0.1, 0.15) is 0 Å². The van der Waals surface area contributed by atoms with Crippen molar-refractivity contribution in [3.63, 3.8) is 0 Å². The van der Waals surface area contributed by atoms with Gasteiger partial charge in [0.15, 0.2) is 0 Å². The number of allylic oxidation sites excluding steroid dienone is 1. The van der Waals surface area contributed by atoms with E-state index in [1.807, 2.05) is 31.2 Å².